The summed E-state index contributed by atoms with van der Waals surface area (Å²) < 4.78 is 0. The minimum absolute atomic E-state index is 0.958. The zero-order chi connectivity index (χ0) is 12.7. The van der Waals surface area contributed by atoms with E-state index in [-0.39, 0.29) is 0 Å². The predicted molar refractivity (Wildman–Crippen MR) is 77.5 cm³/mol. The van der Waals surface area contributed by atoms with Crippen LogP contribution in [0.25, 0.3) is 0 Å². The van der Waals surface area contributed by atoms with E-state index in [2.05, 4.69) is 32.0 Å². The lowest BCUT2D eigenvalue weighted by Crippen LogP contribution is -2.10. The Morgan fingerprint density at radius 1 is 1.00 bits per heavy atom. The SMILES string of the molecule is CC.Cc1ccc(CC2CCCCC2)c(C)c1. The summed E-state index contributed by atoms with van der Waals surface area (Å²) in [7, 11) is 0. The van der Waals surface area contributed by atoms with E-state index in [0.717, 1.165) is 5.92 Å². The molecule has 0 saturated heterocycles. The molecule has 0 heteroatoms. The molecule has 0 radical (unpaired) electrons. The molecule has 0 N–H and O–H groups in total. The van der Waals surface area contributed by atoms with Crippen molar-refractivity contribution in [2.75, 3.05) is 0 Å². The van der Waals surface area contributed by atoms with Gasteiger partial charge in [0.15, 0.2) is 0 Å². The third-order valence-corrected chi connectivity index (χ3v) is 3.73. The first-order chi connectivity index (χ1) is 8.25. The molecular formula is C17H28. The van der Waals surface area contributed by atoms with E-state index < -0.39 is 0 Å². The molecule has 1 fully saturated rings. The van der Waals surface area contributed by atoms with Crippen LogP contribution in [0, 0.1) is 19.8 Å². The smallest absolute Gasteiger partial charge is 0.0248 e. The van der Waals surface area contributed by atoms with Crippen LogP contribution in [0.3, 0.4) is 0 Å². The zero-order valence-electron chi connectivity index (χ0n) is 12.1. The first-order valence-corrected chi connectivity index (χ1v) is 7.32. The Balaban J connectivity index is 0.000000686. The van der Waals surface area contributed by atoms with Gasteiger partial charge in [-0.3, -0.25) is 0 Å². The van der Waals surface area contributed by atoms with Crippen LogP contribution in [0.5, 0.6) is 0 Å². The summed E-state index contributed by atoms with van der Waals surface area (Å²) in [6.07, 6.45) is 8.58. The summed E-state index contributed by atoms with van der Waals surface area (Å²) in [5, 5.41) is 0. The van der Waals surface area contributed by atoms with Crippen molar-refractivity contribution in [1.82, 2.24) is 0 Å². The van der Waals surface area contributed by atoms with Gasteiger partial charge >= 0.3 is 0 Å². The average Bonchev–Trinajstić information content (AvgIpc) is 2.37. The molecule has 0 aliphatic heterocycles. The molecule has 96 valence electrons. The van der Waals surface area contributed by atoms with E-state index >= 15 is 0 Å². The van der Waals surface area contributed by atoms with Gasteiger partial charge in [0.05, 0.1) is 0 Å². The van der Waals surface area contributed by atoms with Crippen LogP contribution in [0.1, 0.15) is 62.6 Å². The van der Waals surface area contributed by atoms with Gasteiger partial charge in [-0.1, -0.05) is 69.7 Å². The molecule has 1 aliphatic rings. The molecule has 0 unspecified atom stereocenters. The Hall–Kier alpha value is -0.780. The normalized spacial score (nSPS) is 16.2. The Morgan fingerprint density at radius 3 is 2.24 bits per heavy atom. The van der Waals surface area contributed by atoms with Crippen LogP contribution in [0.15, 0.2) is 18.2 Å². The lowest BCUT2D eigenvalue weighted by Gasteiger charge is -2.22. The second-order valence-electron chi connectivity index (χ2n) is 5.14. The van der Waals surface area contributed by atoms with Crippen molar-refractivity contribution in [3.8, 4) is 0 Å². The summed E-state index contributed by atoms with van der Waals surface area (Å²) in [6.45, 7) is 8.43. The van der Waals surface area contributed by atoms with Gasteiger partial charge in [0.2, 0.25) is 0 Å². The fourth-order valence-corrected chi connectivity index (χ4v) is 2.78. The minimum atomic E-state index is 0.958. The molecule has 0 atom stereocenters. The molecule has 1 aromatic carbocycles. The van der Waals surface area contributed by atoms with Crippen LogP contribution < -0.4 is 0 Å². The molecular weight excluding hydrogens is 204 g/mol. The monoisotopic (exact) mass is 232 g/mol. The lowest BCUT2D eigenvalue weighted by atomic mass is 9.84. The Labute approximate surface area is 107 Å². The summed E-state index contributed by atoms with van der Waals surface area (Å²) in [5.74, 6) is 0.958. The first kappa shape index (κ1) is 14.3. The topological polar surface area (TPSA) is 0 Å². The van der Waals surface area contributed by atoms with Gasteiger partial charge in [-0.25, -0.2) is 0 Å². The predicted octanol–water partition coefficient (Wildman–Crippen LogP) is 5.45. The molecule has 1 aliphatic carbocycles. The molecule has 1 saturated carbocycles. The Morgan fingerprint density at radius 2 is 1.65 bits per heavy atom. The van der Waals surface area contributed by atoms with Gasteiger partial charge in [-0.15, -0.1) is 0 Å². The maximum Gasteiger partial charge on any atom is -0.0248 e. The van der Waals surface area contributed by atoms with Crippen LogP contribution in [0.2, 0.25) is 0 Å². The van der Waals surface area contributed by atoms with Crippen molar-refractivity contribution in [2.24, 2.45) is 5.92 Å². The standard InChI is InChI=1S/C15H22.C2H6/c1-12-8-9-15(13(2)10-12)11-14-6-4-3-5-7-14;1-2/h8-10,14H,3-7,11H2,1-2H3;1-2H3. The second-order valence-corrected chi connectivity index (χ2v) is 5.14. The van der Waals surface area contributed by atoms with E-state index in [0.29, 0.717) is 0 Å². The van der Waals surface area contributed by atoms with Gasteiger partial charge in [-0.2, -0.15) is 0 Å². The number of aryl methyl sites for hydroxylation is 2. The molecule has 0 amide bonds. The van der Waals surface area contributed by atoms with Gasteiger partial charge < -0.3 is 0 Å². The average molecular weight is 232 g/mol. The van der Waals surface area contributed by atoms with Gasteiger partial charge in [-0.05, 0) is 37.3 Å². The lowest BCUT2D eigenvalue weighted by molar-refractivity contribution is 0.356. The minimum Gasteiger partial charge on any atom is -0.0683 e. The molecule has 0 spiro atoms. The van der Waals surface area contributed by atoms with Crippen LogP contribution >= 0.6 is 0 Å². The highest BCUT2D eigenvalue weighted by Crippen LogP contribution is 2.27. The van der Waals surface area contributed by atoms with Crippen molar-refractivity contribution >= 4 is 0 Å². The summed E-state index contributed by atoms with van der Waals surface area (Å²) in [5.41, 5.74) is 4.45. The summed E-state index contributed by atoms with van der Waals surface area (Å²) in [6, 6.07) is 6.91. The van der Waals surface area contributed by atoms with E-state index in [1.807, 2.05) is 13.8 Å². The fraction of sp³-hybridized carbons (Fsp3) is 0.647. The van der Waals surface area contributed by atoms with Crippen LogP contribution in [-0.4, -0.2) is 0 Å². The van der Waals surface area contributed by atoms with Gasteiger partial charge in [0.25, 0.3) is 0 Å². The highest BCUT2D eigenvalue weighted by Gasteiger charge is 2.14. The third-order valence-electron chi connectivity index (χ3n) is 3.73. The van der Waals surface area contributed by atoms with Crippen LogP contribution in [0.4, 0.5) is 0 Å². The Kier molecular flexibility index (Phi) is 6.32. The molecule has 0 nitrogen and oxygen atoms in total. The quantitative estimate of drug-likeness (QED) is 0.636. The van der Waals surface area contributed by atoms with Crippen molar-refractivity contribution < 1.29 is 0 Å². The molecule has 1 aromatic rings. The van der Waals surface area contributed by atoms with Crippen LogP contribution in [-0.2, 0) is 6.42 Å². The molecule has 2 rings (SSSR count). The van der Waals surface area contributed by atoms with Gasteiger partial charge in [0, 0.05) is 0 Å². The number of benzene rings is 1. The molecule has 0 aromatic heterocycles. The molecule has 0 heterocycles. The van der Waals surface area contributed by atoms with Crippen molar-refractivity contribution in [3.63, 3.8) is 0 Å². The van der Waals surface area contributed by atoms with Gasteiger partial charge in [0.1, 0.15) is 0 Å². The Bertz CT molecular complexity index is 319. The number of hydrogen-bond acceptors (Lipinski definition) is 0. The highest BCUT2D eigenvalue weighted by molar-refractivity contribution is 5.30. The number of hydrogen-bond donors (Lipinski definition) is 0. The highest BCUT2D eigenvalue weighted by atomic mass is 14.2. The van der Waals surface area contributed by atoms with Crippen molar-refractivity contribution in [1.29, 1.82) is 0 Å². The van der Waals surface area contributed by atoms with Crippen molar-refractivity contribution in [2.45, 2.75) is 66.2 Å². The maximum absolute atomic E-state index is 2.33. The third kappa shape index (κ3) is 4.53. The second kappa shape index (κ2) is 7.53. The van der Waals surface area contributed by atoms with Crippen molar-refractivity contribution in [3.05, 3.63) is 34.9 Å². The molecule has 0 bridgehead atoms. The largest absolute Gasteiger partial charge is 0.0683 e. The van der Waals surface area contributed by atoms with E-state index in [1.165, 1.54) is 49.7 Å². The van der Waals surface area contributed by atoms with E-state index in [1.54, 1.807) is 5.56 Å². The summed E-state index contributed by atoms with van der Waals surface area (Å²) in [4.78, 5) is 0. The number of rotatable bonds is 2. The van der Waals surface area contributed by atoms with E-state index in [9.17, 15) is 0 Å². The van der Waals surface area contributed by atoms with E-state index in [4.69, 9.17) is 0 Å². The maximum atomic E-state index is 2.33. The zero-order valence-corrected chi connectivity index (χ0v) is 12.1. The molecule has 17 heavy (non-hydrogen) atoms. The first-order valence-electron chi connectivity index (χ1n) is 7.32. The summed E-state index contributed by atoms with van der Waals surface area (Å²) >= 11 is 0. The fourth-order valence-electron chi connectivity index (χ4n) is 2.78.